The van der Waals surface area contributed by atoms with E-state index in [1.54, 1.807) is 30.1 Å². The van der Waals surface area contributed by atoms with Crippen molar-refractivity contribution in [2.75, 3.05) is 7.11 Å². The van der Waals surface area contributed by atoms with E-state index in [9.17, 15) is 0 Å². The van der Waals surface area contributed by atoms with Crippen LogP contribution in [0.1, 0.15) is 11.1 Å². The molecule has 0 fully saturated rings. The number of aromatic amines is 1. The van der Waals surface area contributed by atoms with Crippen LogP contribution in [0.15, 0.2) is 53.8 Å². The number of hydrazine groups is 2. The number of nitrogens with one attached hydrogen (secondary N) is 3. The fourth-order valence-corrected chi connectivity index (χ4v) is 3.65. The van der Waals surface area contributed by atoms with Crippen LogP contribution in [0.5, 0.6) is 5.75 Å². The van der Waals surface area contributed by atoms with Crippen LogP contribution < -0.4 is 15.8 Å². The number of hydrogen-bond donors (Lipinski definition) is 3. The lowest BCUT2D eigenvalue weighted by molar-refractivity contribution is 0.288. The molecule has 7 nitrogen and oxygen atoms in total. The molecule has 1 aromatic heterocycles. The highest BCUT2D eigenvalue weighted by molar-refractivity contribution is 7.71. The van der Waals surface area contributed by atoms with Crippen LogP contribution >= 0.6 is 35.4 Å². The van der Waals surface area contributed by atoms with E-state index in [2.05, 4.69) is 21.3 Å². The monoisotopic (exact) mass is 434 g/mol. The van der Waals surface area contributed by atoms with Crippen LogP contribution in [0.2, 0.25) is 10.0 Å². The second-order valence-corrected chi connectivity index (χ2v) is 7.25. The van der Waals surface area contributed by atoms with Crippen molar-refractivity contribution in [3.63, 3.8) is 0 Å². The Hall–Kier alpha value is -2.52. The average molecular weight is 435 g/mol. The zero-order chi connectivity index (χ0) is 19.7. The number of halogens is 2. The maximum Gasteiger partial charge on any atom is 0.177 e. The highest BCUT2D eigenvalue weighted by Gasteiger charge is 2.22. The number of nitrogens with zero attached hydrogens (tertiary/aromatic N) is 3. The standard InChI is InChI=1S/C18H16Cl2N6OS/c1-27-13-5-2-11(3-6-13)10-25-17(22-23-24-25)14-9-21-26(18(14)28)16-7-4-12(19)8-15(16)20/h2-9,21,23-24H,10H2,1H3. The van der Waals surface area contributed by atoms with E-state index < -0.39 is 0 Å². The Morgan fingerprint density at radius 3 is 2.64 bits per heavy atom. The Kier molecular flexibility index (Phi) is 5.27. The molecule has 3 N–H and O–H groups in total. The van der Waals surface area contributed by atoms with Gasteiger partial charge in [-0.15, -0.1) is 10.6 Å². The molecule has 3 aromatic rings. The van der Waals surface area contributed by atoms with E-state index in [0.717, 1.165) is 16.9 Å². The Morgan fingerprint density at radius 2 is 1.93 bits per heavy atom. The second kappa shape index (κ2) is 7.84. The van der Waals surface area contributed by atoms with Gasteiger partial charge in [-0.3, -0.25) is 10.1 Å². The van der Waals surface area contributed by atoms with Gasteiger partial charge in [0.1, 0.15) is 10.4 Å². The quantitative estimate of drug-likeness (QED) is 0.528. The summed E-state index contributed by atoms with van der Waals surface area (Å²) in [7, 11) is 1.64. The lowest BCUT2D eigenvalue weighted by Gasteiger charge is -2.18. The predicted molar refractivity (Wildman–Crippen MR) is 112 cm³/mol. The van der Waals surface area contributed by atoms with Crippen molar-refractivity contribution in [1.29, 1.82) is 0 Å². The van der Waals surface area contributed by atoms with Crippen molar-refractivity contribution >= 4 is 41.3 Å². The summed E-state index contributed by atoms with van der Waals surface area (Å²) in [6, 6.07) is 13.1. The van der Waals surface area contributed by atoms with Crippen LogP contribution in [0.25, 0.3) is 5.69 Å². The summed E-state index contributed by atoms with van der Waals surface area (Å²) in [5.41, 5.74) is 8.35. The van der Waals surface area contributed by atoms with E-state index in [4.69, 9.17) is 40.2 Å². The van der Waals surface area contributed by atoms with E-state index in [1.165, 1.54) is 0 Å². The third-order valence-corrected chi connectivity index (χ3v) is 5.21. The van der Waals surface area contributed by atoms with E-state index >= 15 is 0 Å². The second-order valence-electron chi connectivity index (χ2n) is 6.02. The van der Waals surface area contributed by atoms with Gasteiger partial charge in [0.2, 0.25) is 0 Å². The number of benzene rings is 2. The highest BCUT2D eigenvalue weighted by atomic mass is 35.5. The number of ether oxygens (including phenoxy) is 1. The first-order valence-electron chi connectivity index (χ1n) is 8.32. The molecule has 0 atom stereocenters. The number of amidine groups is 1. The maximum absolute atomic E-state index is 6.32. The molecule has 2 aromatic carbocycles. The van der Waals surface area contributed by atoms with Crippen molar-refractivity contribution < 1.29 is 4.74 Å². The SMILES string of the molecule is COc1ccc(CN2NNN=C2c2c[nH]n(-c3ccc(Cl)cc3Cl)c2=S)cc1. The molecule has 1 aliphatic rings. The molecule has 4 rings (SSSR count). The topological polar surface area (TPSA) is 69.6 Å². The smallest absolute Gasteiger partial charge is 0.177 e. The van der Waals surface area contributed by atoms with Gasteiger partial charge < -0.3 is 4.74 Å². The van der Waals surface area contributed by atoms with Gasteiger partial charge in [0.15, 0.2) is 5.84 Å². The van der Waals surface area contributed by atoms with Gasteiger partial charge in [-0.2, -0.15) is 0 Å². The summed E-state index contributed by atoms with van der Waals surface area (Å²) in [6.07, 6.45) is 1.79. The van der Waals surface area contributed by atoms with Crippen molar-refractivity contribution in [1.82, 2.24) is 25.9 Å². The molecule has 0 saturated carbocycles. The molecule has 0 bridgehead atoms. The van der Waals surface area contributed by atoms with E-state index in [-0.39, 0.29) is 0 Å². The number of methoxy groups -OCH3 is 1. The molecule has 0 aliphatic carbocycles. The van der Waals surface area contributed by atoms with Gasteiger partial charge >= 0.3 is 0 Å². The highest BCUT2D eigenvalue weighted by Crippen LogP contribution is 2.25. The molecule has 0 spiro atoms. The summed E-state index contributed by atoms with van der Waals surface area (Å²) in [6.45, 7) is 0.581. The van der Waals surface area contributed by atoms with Gasteiger partial charge in [-0.05, 0) is 35.9 Å². The zero-order valence-electron chi connectivity index (χ0n) is 14.7. The summed E-state index contributed by atoms with van der Waals surface area (Å²) >= 11 is 18.0. The fraction of sp³-hybridized carbons (Fsp3) is 0.111. The van der Waals surface area contributed by atoms with E-state index in [0.29, 0.717) is 32.8 Å². The number of H-pyrrole nitrogens is 1. The van der Waals surface area contributed by atoms with Crippen molar-refractivity contribution in [2.24, 2.45) is 5.10 Å². The minimum Gasteiger partial charge on any atom is -0.497 e. The van der Waals surface area contributed by atoms with Crippen LogP contribution in [0.4, 0.5) is 0 Å². The van der Waals surface area contributed by atoms with Gasteiger partial charge in [0.25, 0.3) is 0 Å². The van der Waals surface area contributed by atoms with Gasteiger partial charge in [-0.25, -0.2) is 10.2 Å². The molecule has 1 aliphatic heterocycles. The van der Waals surface area contributed by atoms with E-state index in [1.807, 2.05) is 35.3 Å². The molecule has 0 saturated heterocycles. The number of aromatic nitrogens is 2. The summed E-state index contributed by atoms with van der Waals surface area (Å²) < 4.78 is 7.47. The third-order valence-electron chi connectivity index (χ3n) is 4.27. The molecular weight excluding hydrogens is 419 g/mol. The van der Waals surface area contributed by atoms with Crippen LogP contribution in [0, 0.1) is 4.64 Å². The normalized spacial score (nSPS) is 13.4. The lowest BCUT2D eigenvalue weighted by Crippen LogP contribution is -2.40. The molecule has 0 radical (unpaired) electrons. The first kappa shape index (κ1) is 18.8. The predicted octanol–water partition coefficient (Wildman–Crippen LogP) is 4.04. The summed E-state index contributed by atoms with van der Waals surface area (Å²) in [5.74, 6) is 1.48. The zero-order valence-corrected chi connectivity index (χ0v) is 17.1. The van der Waals surface area contributed by atoms with Crippen LogP contribution in [0.3, 0.4) is 0 Å². The van der Waals surface area contributed by atoms with Gasteiger partial charge in [-0.1, -0.05) is 47.6 Å². The molecule has 144 valence electrons. The first-order chi connectivity index (χ1) is 13.6. The summed E-state index contributed by atoms with van der Waals surface area (Å²) in [4.78, 5) is 0. The fourth-order valence-electron chi connectivity index (χ4n) is 2.86. The Bertz CT molecular complexity index is 1090. The molecular formula is C18H16Cl2N6OS. The molecule has 2 heterocycles. The third kappa shape index (κ3) is 3.59. The first-order valence-corrected chi connectivity index (χ1v) is 9.48. The lowest BCUT2D eigenvalue weighted by atomic mass is 10.2. The maximum atomic E-state index is 6.32. The Balaban J connectivity index is 1.61. The van der Waals surface area contributed by atoms with Crippen molar-refractivity contribution in [2.45, 2.75) is 6.54 Å². The summed E-state index contributed by atoms with van der Waals surface area (Å²) in [5, 5.41) is 10.4. The number of hydrazone groups is 1. The van der Waals surface area contributed by atoms with Gasteiger partial charge in [0, 0.05) is 11.2 Å². The van der Waals surface area contributed by atoms with Crippen LogP contribution in [-0.2, 0) is 6.54 Å². The van der Waals surface area contributed by atoms with Crippen molar-refractivity contribution in [3.05, 3.63) is 74.5 Å². The average Bonchev–Trinajstić information content (AvgIpc) is 3.29. The Morgan fingerprint density at radius 1 is 1.14 bits per heavy atom. The van der Waals surface area contributed by atoms with Crippen molar-refractivity contribution in [3.8, 4) is 11.4 Å². The molecule has 0 amide bonds. The number of hydrogen-bond acceptors (Lipinski definition) is 6. The largest absolute Gasteiger partial charge is 0.497 e. The van der Waals surface area contributed by atoms with Crippen LogP contribution in [-0.4, -0.2) is 27.7 Å². The number of rotatable bonds is 5. The van der Waals surface area contributed by atoms with Gasteiger partial charge in [0.05, 0.1) is 29.9 Å². The minimum absolute atomic E-state index is 0.497. The minimum atomic E-state index is 0.497. The molecule has 0 unspecified atom stereocenters. The molecule has 28 heavy (non-hydrogen) atoms. The Labute approximate surface area is 176 Å². The molecule has 10 heteroatoms.